The second-order valence-corrected chi connectivity index (χ2v) is 9.02. The molecule has 0 radical (unpaired) electrons. The maximum absolute atomic E-state index is 13.2. The maximum Gasteiger partial charge on any atom is 0.243 e. The normalized spacial score (nSPS) is 19.4. The summed E-state index contributed by atoms with van der Waals surface area (Å²) < 4.78 is 0. The summed E-state index contributed by atoms with van der Waals surface area (Å²) in [6.45, 7) is 0.662. The number of para-hydroxylation sites is 1. The number of H-pyrrole nitrogens is 1. The van der Waals surface area contributed by atoms with Crippen LogP contribution in [0.4, 0.5) is 0 Å². The lowest BCUT2D eigenvalue weighted by atomic mass is 9.95. The van der Waals surface area contributed by atoms with Gasteiger partial charge in [0, 0.05) is 36.1 Å². The zero-order valence-corrected chi connectivity index (χ0v) is 18.2. The average molecular weight is 431 g/mol. The van der Waals surface area contributed by atoms with E-state index in [0.717, 1.165) is 42.1 Å². The van der Waals surface area contributed by atoms with Crippen LogP contribution in [0.3, 0.4) is 0 Å². The number of amides is 2. The fourth-order valence-corrected chi connectivity index (χ4v) is 5.01. The Kier molecular flexibility index (Phi) is 5.95. The van der Waals surface area contributed by atoms with Crippen LogP contribution in [-0.2, 0) is 29.0 Å². The van der Waals surface area contributed by atoms with E-state index in [2.05, 4.69) is 39.1 Å². The van der Waals surface area contributed by atoms with Gasteiger partial charge in [-0.2, -0.15) is 0 Å². The standard InChI is InChI=1S/C26H30N4O2/c31-25(23-13-17-7-1-2-8-18(17)15-28-23)30-24(26(32)29-20-9-3-4-10-20)14-19-16-27-22-12-6-5-11-21(19)22/h1-2,5-8,11-12,16,20,23-24,27-28H,3-4,9-10,13-15H2,(H,29,32)(H,30,31)/t23-,24-/m0/s1. The van der Waals surface area contributed by atoms with E-state index in [0.29, 0.717) is 19.4 Å². The first-order valence-electron chi connectivity index (χ1n) is 11.6. The first-order chi connectivity index (χ1) is 15.7. The van der Waals surface area contributed by atoms with Crippen molar-refractivity contribution in [3.63, 3.8) is 0 Å². The quantitative estimate of drug-likeness (QED) is 0.485. The summed E-state index contributed by atoms with van der Waals surface area (Å²) in [6, 6.07) is 15.5. The third-order valence-corrected chi connectivity index (χ3v) is 6.83. The average Bonchev–Trinajstić information content (AvgIpc) is 3.48. The lowest BCUT2D eigenvalue weighted by Gasteiger charge is -2.28. The highest BCUT2D eigenvalue weighted by molar-refractivity contribution is 5.91. The molecular weight excluding hydrogens is 400 g/mol. The van der Waals surface area contributed by atoms with Crippen molar-refractivity contribution in [1.29, 1.82) is 0 Å². The van der Waals surface area contributed by atoms with Crippen molar-refractivity contribution >= 4 is 22.7 Å². The van der Waals surface area contributed by atoms with Gasteiger partial charge < -0.3 is 20.9 Å². The van der Waals surface area contributed by atoms with Crippen molar-refractivity contribution in [3.8, 4) is 0 Å². The van der Waals surface area contributed by atoms with Crippen LogP contribution in [-0.4, -0.2) is 34.9 Å². The number of benzene rings is 2. The number of carbonyl (C=O) groups is 2. The monoisotopic (exact) mass is 430 g/mol. The van der Waals surface area contributed by atoms with E-state index in [1.807, 2.05) is 36.5 Å². The van der Waals surface area contributed by atoms with Crippen molar-refractivity contribution in [2.45, 2.75) is 63.2 Å². The highest BCUT2D eigenvalue weighted by Gasteiger charge is 2.30. The Labute approximate surface area is 188 Å². The number of nitrogens with one attached hydrogen (secondary N) is 4. The van der Waals surface area contributed by atoms with Crippen molar-refractivity contribution in [2.75, 3.05) is 0 Å². The molecule has 32 heavy (non-hydrogen) atoms. The van der Waals surface area contributed by atoms with Gasteiger partial charge in [0.1, 0.15) is 6.04 Å². The minimum atomic E-state index is -0.610. The predicted octanol–water partition coefficient (Wildman–Crippen LogP) is 2.97. The summed E-state index contributed by atoms with van der Waals surface area (Å²) in [5.74, 6) is -0.211. The molecule has 2 aromatic carbocycles. The summed E-state index contributed by atoms with van der Waals surface area (Å²) in [5.41, 5.74) is 4.49. The predicted molar refractivity (Wildman–Crippen MR) is 125 cm³/mol. The first-order valence-corrected chi connectivity index (χ1v) is 11.6. The van der Waals surface area contributed by atoms with Gasteiger partial charge in [-0.05, 0) is 42.0 Å². The SMILES string of the molecule is O=C(N[C@@H](Cc1c[nH]c2ccccc12)C(=O)NC1CCCC1)[C@@H]1Cc2ccccc2CN1. The van der Waals surface area contributed by atoms with Crippen molar-refractivity contribution in [2.24, 2.45) is 0 Å². The Morgan fingerprint density at radius 3 is 2.59 bits per heavy atom. The molecular formula is C26H30N4O2. The fourth-order valence-electron chi connectivity index (χ4n) is 5.01. The van der Waals surface area contributed by atoms with E-state index in [9.17, 15) is 9.59 Å². The summed E-state index contributed by atoms with van der Waals surface area (Å²) >= 11 is 0. The summed E-state index contributed by atoms with van der Waals surface area (Å²) in [7, 11) is 0. The molecule has 4 N–H and O–H groups in total. The van der Waals surface area contributed by atoms with Crippen LogP contribution in [0.2, 0.25) is 0 Å². The van der Waals surface area contributed by atoms with Crippen LogP contribution in [0.15, 0.2) is 54.7 Å². The third-order valence-electron chi connectivity index (χ3n) is 6.83. The highest BCUT2D eigenvalue weighted by atomic mass is 16.2. The number of hydrogen-bond acceptors (Lipinski definition) is 3. The van der Waals surface area contributed by atoms with Crippen LogP contribution >= 0.6 is 0 Å². The molecule has 0 bridgehead atoms. The summed E-state index contributed by atoms with van der Waals surface area (Å²) in [5, 5.41) is 10.7. The Balaban J connectivity index is 1.33. The van der Waals surface area contributed by atoms with Gasteiger partial charge in [0.05, 0.1) is 6.04 Å². The van der Waals surface area contributed by atoms with Crippen molar-refractivity contribution in [3.05, 3.63) is 71.4 Å². The van der Waals surface area contributed by atoms with Gasteiger partial charge >= 0.3 is 0 Å². The van der Waals surface area contributed by atoms with Gasteiger partial charge in [-0.15, -0.1) is 0 Å². The second kappa shape index (κ2) is 9.17. The zero-order chi connectivity index (χ0) is 21.9. The molecule has 1 aliphatic heterocycles. The summed E-state index contributed by atoms with van der Waals surface area (Å²) in [4.78, 5) is 29.7. The molecule has 0 saturated heterocycles. The third kappa shape index (κ3) is 4.41. The number of aromatic nitrogens is 1. The van der Waals surface area contributed by atoms with E-state index in [-0.39, 0.29) is 23.9 Å². The van der Waals surface area contributed by atoms with E-state index < -0.39 is 6.04 Å². The molecule has 6 heteroatoms. The number of carbonyl (C=O) groups excluding carboxylic acids is 2. The van der Waals surface area contributed by atoms with E-state index in [1.54, 1.807) is 0 Å². The Hall–Kier alpha value is -3.12. The minimum absolute atomic E-state index is 0.0910. The van der Waals surface area contributed by atoms with Crippen LogP contribution in [0, 0.1) is 0 Å². The number of aromatic amines is 1. The van der Waals surface area contributed by atoms with E-state index in [1.165, 1.54) is 11.1 Å². The molecule has 0 unspecified atom stereocenters. The van der Waals surface area contributed by atoms with Crippen molar-refractivity contribution in [1.82, 2.24) is 20.9 Å². The molecule has 5 rings (SSSR count). The summed E-state index contributed by atoms with van der Waals surface area (Å²) in [6.07, 6.45) is 7.36. The molecule has 1 aliphatic carbocycles. The van der Waals surface area contributed by atoms with Gasteiger partial charge in [0.15, 0.2) is 0 Å². The van der Waals surface area contributed by atoms with E-state index >= 15 is 0 Å². The Morgan fingerprint density at radius 2 is 1.75 bits per heavy atom. The molecule has 2 heterocycles. The molecule has 1 fully saturated rings. The molecule has 0 spiro atoms. The molecule has 2 atom stereocenters. The van der Waals surface area contributed by atoms with E-state index in [4.69, 9.17) is 0 Å². The molecule has 2 aliphatic rings. The fraction of sp³-hybridized carbons (Fsp3) is 0.385. The maximum atomic E-state index is 13.2. The highest BCUT2D eigenvalue weighted by Crippen LogP contribution is 2.21. The molecule has 1 aromatic heterocycles. The molecule has 2 amide bonds. The lowest BCUT2D eigenvalue weighted by molar-refractivity contribution is -0.130. The largest absolute Gasteiger partial charge is 0.361 e. The number of hydrogen-bond donors (Lipinski definition) is 4. The first kappa shape index (κ1) is 20.8. The Bertz CT molecular complexity index is 1120. The molecule has 6 nitrogen and oxygen atoms in total. The van der Waals surface area contributed by atoms with Gasteiger partial charge in [0.25, 0.3) is 0 Å². The minimum Gasteiger partial charge on any atom is -0.361 e. The van der Waals surface area contributed by atoms with Crippen LogP contribution in [0.1, 0.15) is 42.4 Å². The van der Waals surface area contributed by atoms with Crippen LogP contribution < -0.4 is 16.0 Å². The van der Waals surface area contributed by atoms with Crippen molar-refractivity contribution < 1.29 is 9.59 Å². The van der Waals surface area contributed by atoms with Gasteiger partial charge in [-0.1, -0.05) is 55.3 Å². The molecule has 166 valence electrons. The van der Waals surface area contributed by atoms with Gasteiger partial charge in [0.2, 0.25) is 11.8 Å². The molecule has 1 saturated carbocycles. The lowest BCUT2D eigenvalue weighted by Crippen LogP contribution is -2.55. The van der Waals surface area contributed by atoms with Gasteiger partial charge in [-0.25, -0.2) is 0 Å². The second-order valence-electron chi connectivity index (χ2n) is 9.02. The number of rotatable bonds is 6. The van der Waals surface area contributed by atoms with Crippen LogP contribution in [0.25, 0.3) is 10.9 Å². The van der Waals surface area contributed by atoms with Gasteiger partial charge in [-0.3, -0.25) is 9.59 Å². The van der Waals surface area contributed by atoms with Crippen LogP contribution in [0.5, 0.6) is 0 Å². The smallest absolute Gasteiger partial charge is 0.243 e. The molecule has 3 aromatic rings. The topological polar surface area (TPSA) is 86.0 Å². The zero-order valence-electron chi connectivity index (χ0n) is 18.2. The number of fused-ring (bicyclic) bond motifs is 2. The Morgan fingerprint density at radius 1 is 1.00 bits per heavy atom.